The molecule has 0 aliphatic rings. The summed E-state index contributed by atoms with van der Waals surface area (Å²) < 4.78 is 16.9. The third kappa shape index (κ3) is 1.67. The molecule has 0 amide bonds. The van der Waals surface area contributed by atoms with Crippen molar-refractivity contribution in [3.05, 3.63) is 77.1 Å². The number of rotatable bonds is 1. The third-order valence-electron chi connectivity index (χ3n) is 3.48. The summed E-state index contributed by atoms with van der Waals surface area (Å²) in [6, 6.07) is 13.7. The number of imidazole rings is 1. The molecule has 4 rings (SSSR count). The van der Waals surface area contributed by atoms with Gasteiger partial charge in [-0.2, -0.15) is 0 Å². The van der Waals surface area contributed by atoms with Crippen molar-refractivity contribution in [2.75, 3.05) is 0 Å². The van der Waals surface area contributed by atoms with Crippen molar-refractivity contribution >= 4 is 16.7 Å². The van der Waals surface area contributed by atoms with Gasteiger partial charge in [0.05, 0.1) is 16.7 Å². The summed E-state index contributed by atoms with van der Waals surface area (Å²) in [6.07, 6.45) is 3.28. The van der Waals surface area contributed by atoms with Gasteiger partial charge in [-0.25, -0.2) is 9.37 Å². The molecule has 0 atom stereocenters. The summed E-state index contributed by atoms with van der Waals surface area (Å²) in [6.45, 7) is 0. The standard InChI is InChI=1S/C16H10FN3O/c17-11-5-1-3-7-13(11)20-10-9-19-14-8-4-2-6-12(14)18-15(19)16(20)21/h1-10H. The number of hydrogen-bond acceptors (Lipinski definition) is 2. The predicted molar refractivity (Wildman–Crippen MR) is 78.3 cm³/mol. The Morgan fingerprint density at radius 3 is 2.57 bits per heavy atom. The minimum absolute atomic E-state index is 0.219. The molecule has 2 aromatic carbocycles. The van der Waals surface area contributed by atoms with E-state index in [0.29, 0.717) is 0 Å². The van der Waals surface area contributed by atoms with E-state index in [0.717, 1.165) is 11.0 Å². The number of para-hydroxylation sites is 3. The van der Waals surface area contributed by atoms with E-state index in [1.54, 1.807) is 35.0 Å². The second kappa shape index (κ2) is 4.28. The Kier molecular flexibility index (Phi) is 2.41. The van der Waals surface area contributed by atoms with Gasteiger partial charge in [-0.15, -0.1) is 0 Å². The topological polar surface area (TPSA) is 39.3 Å². The predicted octanol–water partition coefficient (Wildman–Crippen LogP) is 2.78. The lowest BCUT2D eigenvalue weighted by Crippen LogP contribution is -2.20. The van der Waals surface area contributed by atoms with Gasteiger partial charge in [0.25, 0.3) is 5.56 Å². The van der Waals surface area contributed by atoms with E-state index in [9.17, 15) is 9.18 Å². The quantitative estimate of drug-likeness (QED) is 0.537. The first-order chi connectivity index (χ1) is 10.3. The van der Waals surface area contributed by atoms with Crippen molar-refractivity contribution in [3.8, 4) is 5.69 Å². The molecule has 0 saturated carbocycles. The van der Waals surface area contributed by atoms with Gasteiger partial charge in [0.15, 0.2) is 0 Å². The van der Waals surface area contributed by atoms with Crippen molar-refractivity contribution in [3.63, 3.8) is 0 Å². The van der Waals surface area contributed by atoms with Gasteiger partial charge in [0.1, 0.15) is 5.82 Å². The van der Waals surface area contributed by atoms with Crippen LogP contribution in [0.15, 0.2) is 65.7 Å². The average molecular weight is 279 g/mol. The van der Waals surface area contributed by atoms with Gasteiger partial charge in [-0.1, -0.05) is 24.3 Å². The van der Waals surface area contributed by atoms with Crippen LogP contribution in [-0.2, 0) is 0 Å². The Labute approximate surface area is 118 Å². The molecular formula is C16H10FN3O. The Balaban J connectivity index is 2.10. The zero-order chi connectivity index (χ0) is 14.4. The van der Waals surface area contributed by atoms with Crippen molar-refractivity contribution < 1.29 is 4.39 Å². The zero-order valence-electron chi connectivity index (χ0n) is 10.9. The molecule has 2 aromatic heterocycles. The first-order valence-corrected chi connectivity index (χ1v) is 6.49. The van der Waals surface area contributed by atoms with E-state index in [4.69, 9.17) is 0 Å². The van der Waals surface area contributed by atoms with E-state index >= 15 is 0 Å². The highest BCUT2D eigenvalue weighted by molar-refractivity contribution is 5.80. The maximum absolute atomic E-state index is 13.9. The van der Waals surface area contributed by atoms with E-state index in [1.165, 1.54) is 10.6 Å². The highest BCUT2D eigenvalue weighted by Gasteiger charge is 2.11. The van der Waals surface area contributed by atoms with Crippen LogP contribution >= 0.6 is 0 Å². The average Bonchev–Trinajstić information content (AvgIpc) is 2.89. The lowest BCUT2D eigenvalue weighted by Gasteiger charge is -2.06. The number of halogens is 1. The maximum Gasteiger partial charge on any atom is 0.298 e. The number of hydrogen-bond donors (Lipinski definition) is 0. The van der Waals surface area contributed by atoms with Crippen molar-refractivity contribution in [2.24, 2.45) is 0 Å². The highest BCUT2D eigenvalue weighted by atomic mass is 19.1. The molecule has 21 heavy (non-hydrogen) atoms. The van der Waals surface area contributed by atoms with Gasteiger partial charge < -0.3 is 0 Å². The zero-order valence-corrected chi connectivity index (χ0v) is 10.9. The summed E-state index contributed by atoms with van der Waals surface area (Å²) in [7, 11) is 0. The van der Waals surface area contributed by atoms with E-state index in [2.05, 4.69) is 4.98 Å². The molecule has 5 heteroatoms. The second-order valence-corrected chi connectivity index (χ2v) is 4.72. The van der Waals surface area contributed by atoms with E-state index in [1.807, 2.05) is 24.3 Å². The molecule has 0 aliphatic carbocycles. The van der Waals surface area contributed by atoms with Crippen LogP contribution in [0.3, 0.4) is 0 Å². The van der Waals surface area contributed by atoms with Crippen LogP contribution in [0.5, 0.6) is 0 Å². The lowest BCUT2D eigenvalue weighted by atomic mass is 10.3. The number of benzene rings is 2. The molecule has 0 radical (unpaired) electrons. The Hall–Kier alpha value is -2.95. The molecule has 4 aromatic rings. The smallest absolute Gasteiger partial charge is 0.294 e. The SMILES string of the molecule is O=c1c2nc3ccccc3n2ccn1-c1ccccc1F. The lowest BCUT2D eigenvalue weighted by molar-refractivity contribution is 0.616. The Morgan fingerprint density at radius 2 is 1.71 bits per heavy atom. The van der Waals surface area contributed by atoms with Crippen molar-refractivity contribution in [2.45, 2.75) is 0 Å². The van der Waals surface area contributed by atoms with Crippen LogP contribution in [0.4, 0.5) is 4.39 Å². The normalized spacial score (nSPS) is 11.3. The molecule has 2 heterocycles. The molecule has 0 unspecified atom stereocenters. The van der Waals surface area contributed by atoms with Gasteiger partial charge in [-0.3, -0.25) is 13.8 Å². The summed E-state index contributed by atoms with van der Waals surface area (Å²) >= 11 is 0. The molecule has 0 aliphatic heterocycles. The molecule has 0 saturated heterocycles. The molecule has 102 valence electrons. The van der Waals surface area contributed by atoms with Crippen LogP contribution in [0.25, 0.3) is 22.4 Å². The Morgan fingerprint density at radius 1 is 0.952 bits per heavy atom. The number of fused-ring (bicyclic) bond motifs is 3. The fraction of sp³-hybridized carbons (Fsp3) is 0. The van der Waals surface area contributed by atoms with Gasteiger partial charge in [0.2, 0.25) is 5.65 Å². The van der Waals surface area contributed by atoms with E-state index < -0.39 is 5.82 Å². The Bertz CT molecular complexity index is 1030. The van der Waals surface area contributed by atoms with Crippen LogP contribution in [0.1, 0.15) is 0 Å². The van der Waals surface area contributed by atoms with Crippen LogP contribution in [-0.4, -0.2) is 14.0 Å². The fourth-order valence-electron chi connectivity index (χ4n) is 2.49. The van der Waals surface area contributed by atoms with Crippen LogP contribution in [0.2, 0.25) is 0 Å². The van der Waals surface area contributed by atoms with Gasteiger partial charge >= 0.3 is 0 Å². The monoisotopic (exact) mass is 279 g/mol. The summed E-state index contributed by atoms with van der Waals surface area (Å²) in [5, 5.41) is 0. The molecule has 4 nitrogen and oxygen atoms in total. The maximum atomic E-state index is 13.9. The van der Waals surface area contributed by atoms with Gasteiger partial charge in [-0.05, 0) is 24.3 Å². The van der Waals surface area contributed by atoms with E-state index in [-0.39, 0.29) is 16.9 Å². The summed E-state index contributed by atoms with van der Waals surface area (Å²) in [5.74, 6) is -0.444. The first kappa shape index (κ1) is 11.8. The molecule has 0 fully saturated rings. The number of aromatic nitrogens is 3. The second-order valence-electron chi connectivity index (χ2n) is 4.72. The minimum atomic E-state index is -0.444. The van der Waals surface area contributed by atoms with Crippen LogP contribution < -0.4 is 5.56 Å². The molecule has 0 N–H and O–H groups in total. The summed E-state index contributed by atoms with van der Waals surface area (Å²) in [5.41, 5.74) is 1.74. The van der Waals surface area contributed by atoms with Crippen LogP contribution in [0, 0.1) is 5.82 Å². The third-order valence-corrected chi connectivity index (χ3v) is 3.48. The number of nitrogens with zero attached hydrogens (tertiary/aromatic N) is 3. The fourth-order valence-corrected chi connectivity index (χ4v) is 2.49. The molecule has 0 bridgehead atoms. The largest absolute Gasteiger partial charge is 0.298 e. The minimum Gasteiger partial charge on any atom is -0.294 e. The molecular weight excluding hydrogens is 269 g/mol. The highest BCUT2D eigenvalue weighted by Crippen LogP contribution is 2.15. The van der Waals surface area contributed by atoms with Crippen molar-refractivity contribution in [1.29, 1.82) is 0 Å². The van der Waals surface area contributed by atoms with Gasteiger partial charge in [0, 0.05) is 12.4 Å². The molecule has 0 spiro atoms. The summed E-state index contributed by atoms with van der Waals surface area (Å²) in [4.78, 5) is 16.9. The first-order valence-electron chi connectivity index (χ1n) is 6.49. The van der Waals surface area contributed by atoms with Crippen molar-refractivity contribution in [1.82, 2.24) is 14.0 Å².